The molecule has 0 saturated heterocycles. The molecule has 3 aromatic rings. The summed E-state index contributed by atoms with van der Waals surface area (Å²) in [4.78, 5) is 17.4. The summed E-state index contributed by atoms with van der Waals surface area (Å²) in [6.07, 6.45) is 0.242. The zero-order valence-corrected chi connectivity index (χ0v) is 15.8. The molecule has 2 aromatic carbocycles. The summed E-state index contributed by atoms with van der Waals surface area (Å²) >= 11 is 5.21. The van der Waals surface area contributed by atoms with E-state index in [-0.39, 0.29) is 34.2 Å². The van der Waals surface area contributed by atoms with Crippen molar-refractivity contribution in [3.8, 4) is 11.5 Å². The Morgan fingerprint density at radius 1 is 1.14 bits per heavy atom. The fraction of sp³-hybridized carbons (Fsp3) is 0.150. The number of fused-ring (bicyclic) bond motifs is 1. The molecular weight excluding hydrogens is 376 g/mol. The van der Waals surface area contributed by atoms with Crippen molar-refractivity contribution in [2.45, 2.75) is 12.5 Å². The number of aliphatic imine (C=N–C) groups is 1. The van der Waals surface area contributed by atoms with E-state index in [1.165, 1.54) is 4.57 Å². The Bertz CT molecular complexity index is 1190. The van der Waals surface area contributed by atoms with Crippen LogP contribution in [0.5, 0.6) is 11.5 Å². The SMILES string of the molecule is Cn1c(=O)c(C2=NC(=S)NNC(c3ccccc3O)C2)c(O)c2ccccc21. The number of rotatable bonds is 2. The van der Waals surface area contributed by atoms with Gasteiger partial charge in [-0.05, 0) is 30.4 Å². The Morgan fingerprint density at radius 2 is 1.86 bits per heavy atom. The highest BCUT2D eigenvalue weighted by molar-refractivity contribution is 7.80. The van der Waals surface area contributed by atoms with Gasteiger partial charge in [0.15, 0.2) is 0 Å². The van der Waals surface area contributed by atoms with Gasteiger partial charge in [-0.25, -0.2) is 10.4 Å². The summed E-state index contributed by atoms with van der Waals surface area (Å²) in [5.41, 5.74) is 7.17. The maximum atomic E-state index is 13.0. The summed E-state index contributed by atoms with van der Waals surface area (Å²) in [7, 11) is 1.65. The highest BCUT2D eigenvalue weighted by Crippen LogP contribution is 2.31. The summed E-state index contributed by atoms with van der Waals surface area (Å²) in [6, 6.07) is 13.6. The lowest BCUT2D eigenvalue weighted by Gasteiger charge is -2.19. The number of aromatic nitrogens is 1. The molecule has 0 bridgehead atoms. The second kappa shape index (κ2) is 7.06. The summed E-state index contributed by atoms with van der Waals surface area (Å²) in [5.74, 6) is -0.0113. The Balaban J connectivity index is 1.89. The fourth-order valence-electron chi connectivity index (χ4n) is 3.46. The number of nitrogens with one attached hydrogen (secondary N) is 2. The van der Waals surface area contributed by atoms with Crippen LogP contribution in [0.4, 0.5) is 0 Å². The molecule has 4 N–H and O–H groups in total. The molecular formula is C20H18N4O3S. The van der Waals surface area contributed by atoms with Gasteiger partial charge in [-0.2, -0.15) is 0 Å². The van der Waals surface area contributed by atoms with Crippen molar-refractivity contribution in [2.24, 2.45) is 12.0 Å². The van der Waals surface area contributed by atoms with Crippen molar-refractivity contribution in [3.63, 3.8) is 0 Å². The van der Waals surface area contributed by atoms with E-state index in [1.807, 2.05) is 6.07 Å². The molecule has 0 radical (unpaired) electrons. The normalized spacial score (nSPS) is 17.1. The molecule has 1 unspecified atom stereocenters. The van der Waals surface area contributed by atoms with Gasteiger partial charge in [0.1, 0.15) is 17.1 Å². The molecule has 1 atom stereocenters. The molecule has 2 heterocycles. The highest BCUT2D eigenvalue weighted by Gasteiger charge is 2.26. The minimum Gasteiger partial charge on any atom is -0.508 e. The third kappa shape index (κ3) is 3.02. The van der Waals surface area contributed by atoms with Crippen molar-refractivity contribution < 1.29 is 10.2 Å². The van der Waals surface area contributed by atoms with Gasteiger partial charge >= 0.3 is 0 Å². The molecule has 1 aliphatic heterocycles. The van der Waals surface area contributed by atoms with Crippen molar-refractivity contribution >= 4 is 33.9 Å². The number of aromatic hydroxyl groups is 2. The van der Waals surface area contributed by atoms with E-state index in [9.17, 15) is 15.0 Å². The van der Waals surface area contributed by atoms with Crippen molar-refractivity contribution in [1.29, 1.82) is 0 Å². The average molecular weight is 394 g/mol. The first-order valence-electron chi connectivity index (χ1n) is 8.69. The molecule has 0 amide bonds. The van der Waals surface area contributed by atoms with Crippen LogP contribution >= 0.6 is 12.2 Å². The standard InChI is InChI=1S/C20H18N4O3S/c1-24-15-8-4-2-7-12(15)18(26)17(19(24)27)14-10-13(22-23-20(28)21-14)11-6-3-5-9-16(11)25/h2-9,13,22,25-26H,10H2,1H3,(H,23,28). The maximum absolute atomic E-state index is 13.0. The van der Waals surface area contributed by atoms with E-state index in [2.05, 4.69) is 15.8 Å². The van der Waals surface area contributed by atoms with Crippen molar-refractivity contribution in [2.75, 3.05) is 0 Å². The van der Waals surface area contributed by atoms with Crippen LogP contribution in [0.25, 0.3) is 10.9 Å². The van der Waals surface area contributed by atoms with Crippen molar-refractivity contribution in [1.82, 2.24) is 15.4 Å². The number of nitrogens with zero attached hydrogens (tertiary/aromatic N) is 2. The molecule has 0 fully saturated rings. The molecule has 4 rings (SSSR count). The van der Waals surface area contributed by atoms with Gasteiger partial charge in [-0.1, -0.05) is 30.3 Å². The van der Waals surface area contributed by atoms with E-state index in [4.69, 9.17) is 12.2 Å². The zero-order chi connectivity index (χ0) is 19.8. The van der Waals surface area contributed by atoms with E-state index in [1.54, 1.807) is 49.5 Å². The Kier molecular flexibility index (Phi) is 4.58. The number of hydrogen-bond donors (Lipinski definition) is 4. The number of aryl methyl sites for hydroxylation is 1. The lowest BCUT2D eigenvalue weighted by molar-refractivity contribution is 0.444. The van der Waals surface area contributed by atoms with Gasteiger partial charge in [0.2, 0.25) is 5.11 Å². The van der Waals surface area contributed by atoms with Gasteiger partial charge in [0.05, 0.1) is 17.3 Å². The Hall–Kier alpha value is -3.23. The smallest absolute Gasteiger partial charge is 0.263 e. The number of para-hydroxylation sites is 2. The monoisotopic (exact) mass is 394 g/mol. The summed E-state index contributed by atoms with van der Waals surface area (Å²) < 4.78 is 1.48. The predicted octanol–water partition coefficient (Wildman–Crippen LogP) is 2.26. The number of hydrogen-bond acceptors (Lipinski definition) is 5. The van der Waals surface area contributed by atoms with Crippen LogP contribution in [-0.4, -0.2) is 25.6 Å². The number of phenolic OH excluding ortho intramolecular Hbond substituents is 1. The van der Waals surface area contributed by atoms with Crippen LogP contribution in [0, 0.1) is 0 Å². The minimum atomic E-state index is -0.407. The number of pyridine rings is 1. The second-order valence-electron chi connectivity index (χ2n) is 6.55. The van der Waals surface area contributed by atoms with Gasteiger partial charge in [-0.3, -0.25) is 10.2 Å². The topological polar surface area (TPSA) is 98.9 Å². The van der Waals surface area contributed by atoms with E-state index in [0.29, 0.717) is 22.2 Å². The van der Waals surface area contributed by atoms with Gasteiger partial charge < -0.3 is 14.8 Å². The Morgan fingerprint density at radius 3 is 2.64 bits per heavy atom. The van der Waals surface area contributed by atoms with E-state index < -0.39 is 6.04 Å². The second-order valence-corrected chi connectivity index (χ2v) is 6.94. The first-order valence-corrected chi connectivity index (χ1v) is 9.10. The lowest BCUT2D eigenvalue weighted by atomic mass is 9.96. The fourth-order valence-corrected chi connectivity index (χ4v) is 3.63. The van der Waals surface area contributed by atoms with Crippen LogP contribution in [0.3, 0.4) is 0 Å². The third-order valence-electron chi connectivity index (χ3n) is 4.86. The molecule has 1 aromatic heterocycles. The average Bonchev–Trinajstić information content (AvgIpc) is 2.88. The minimum absolute atomic E-state index is 0.106. The molecule has 142 valence electrons. The predicted molar refractivity (Wildman–Crippen MR) is 112 cm³/mol. The van der Waals surface area contributed by atoms with Crippen LogP contribution in [0.15, 0.2) is 58.3 Å². The molecule has 0 saturated carbocycles. The maximum Gasteiger partial charge on any atom is 0.263 e. The molecule has 8 heteroatoms. The van der Waals surface area contributed by atoms with Crippen LogP contribution in [0.1, 0.15) is 23.6 Å². The van der Waals surface area contributed by atoms with Crippen LogP contribution in [0.2, 0.25) is 0 Å². The van der Waals surface area contributed by atoms with E-state index in [0.717, 1.165) is 0 Å². The van der Waals surface area contributed by atoms with E-state index >= 15 is 0 Å². The van der Waals surface area contributed by atoms with Gasteiger partial charge in [-0.15, -0.1) is 0 Å². The number of benzene rings is 2. The zero-order valence-electron chi connectivity index (χ0n) is 15.0. The number of thiocarbonyl (C=S) groups is 1. The molecule has 7 nitrogen and oxygen atoms in total. The lowest BCUT2D eigenvalue weighted by Crippen LogP contribution is -2.36. The number of phenols is 1. The number of hydrazine groups is 1. The molecule has 28 heavy (non-hydrogen) atoms. The molecule has 1 aliphatic rings. The first-order chi connectivity index (χ1) is 13.5. The summed E-state index contributed by atoms with van der Waals surface area (Å²) in [5, 5.41) is 21.8. The largest absolute Gasteiger partial charge is 0.508 e. The first kappa shape index (κ1) is 18.1. The third-order valence-corrected chi connectivity index (χ3v) is 5.06. The van der Waals surface area contributed by atoms with Crippen molar-refractivity contribution in [3.05, 3.63) is 70.0 Å². The Labute approximate surface area is 165 Å². The quantitative estimate of drug-likeness (QED) is 0.498. The van der Waals surface area contributed by atoms with Crippen LogP contribution in [-0.2, 0) is 7.05 Å². The highest BCUT2D eigenvalue weighted by atomic mass is 32.1. The molecule has 0 spiro atoms. The van der Waals surface area contributed by atoms with Gasteiger partial charge in [0, 0.05) is 24.4 Å². The van der Waals surface area contributed by atoms with Gasteiger partial charge in [0.25, 0.3) is 5.56 Å². The molecule has 0 aliphatic carbocycles. The summed E-state index contributed by atoms with van der Waals surface area (Å²) in [6.45, 7) is 0. The van der Waals surface area contributed by atoms with Crippen LogP contribution < -0.4 is 16.4 Å².